The summed E-state index contributed by atoms with van der Waals surface area (Å²) >= 11 is 4.94. The molecule has 0 spiro atoms. The highest BCUT2D eigenvalue weighted by molar-refractivity contribution is 9.10. The summed E-state index contributed by atoms with van der Waals surface area (Å²) in [4.78, 5) is 12.0. The first-order chi connectivity index (χ1) is 9.45. The molecule has 0 atom stereocenters. The molecule has 0 aliphatic heterocycles. The maximum Gasteiger partial charge on any atom is 0.336 e. The zero-order valence-corrected chi connectivity index (χ0v) is 13.7. The van der Waals surface area contributed by atoms with Crippen LogP contribution in [0.1, 0.15) is 27.0 Å². The van der Waals surface area contributed by atoms with E-state index in [2.05, 4.69) is 48.0 Å². The van der Waals surface area contributed by atoms with Gasteiger partial charge in [0, 0.05) is 15.1 Å². The van der Waals surface area contributed by atoms with E-state index in [-0.39, 0.29) is 0 Å². The van der Waals surface area contributed by atoms with Crippen molar-refractivity contribution in [1.29, 1.82) is 0 Å². The second-order valence-corrected chi connectivity index (χ2v) is 6.66. The molecule has 20 heavy (non-hydrogen) atoms. The van der Waals surface area contributed by atoms with Gasteiger partial charge in [0.2, 0.25) is 0 Å². The van der Waals surface area contributed by atoms with Gasteiger partial charge in [-0.1, -0.05) is 45.3 Å². The van der Waals surface area contributed by atoms with Crippen molar-refractivity contribution < 1.29 is 9.90 Å². The lowest BCUT2D eigenvalue weighted by Gasteiger charge is -2.08. The normalized spacial score (nSPS) is 10.6. The molecule has 0 saturated heterocycles. The Hall–Kier alpha value is -1.26. The summed E-state index contributed by atoms with van der Waals surface area (Å²) in [6, 6.07) is 11.7. The quantitative estimate of drug-likeness (QED) is 0.783. The maximum absolute atomic E-state index is 11.2. The van der Waals surface area contributed by atoms with Crippen LogP contribution in [0.4, 0.5) is 0 Å². The summed E-state index contributed by atoms with van der Waals surface area (Å²) in [7, 11) is 0. The fraction of sp³-hybridized carbons (Fsp3) is 0.188. The molecule has 0 saturated carbocycles. The molecule has 0 fully saturated rings. The van der Waals surface area contributed by atoms with Crippen molar-refractivity contribution in [2.45, 2.75) is 24.5 Å². The molecule has 104 valence electrons. The van der Waals surface area contributed by atoms with Gasteiger partial charge in [-0.2, -0.15) is 0 Å². The lowest BCUT2D eigenvalue weighted by atomic mass is 10.1. The van der Waals surface area contributed by atoms with Crippen molar-refractivity contribution >= 4 is 33.7 Å². The maximum atomic E-state index is 11.2. The van der Waals surface area contributed by atoms with Crippen molar-refractivity contribution in [2.24, 2.45) is 0 Å². The van der Waals surface area contributed by atoms with Crippen molar-refractivity contribution in [3.8, 4) is 0 Å². The molecule has 0 heterocycles. The Kier molecular flexibility index (Phi) is 4.89. The van der Waals surface area contributed by atoms with Gasteiger partial charge in [-0.25, -0.2) is 4.79 Å². The second-order valence-electron chi connectivity index (χ2n) is 4.73. The number of aromatic carboxylic acids is 1. The summed E-state index contributed by atoms with van der Waals surface area (Å²) in [6.07, 6.45) is 0. The molecule has 0 radical (unpaired) electrons. The molecule has 0 aliphatic rings. The highest BCUT2D eigenvalue weighted by atomic mass is 79.9. The van der Waals surface area contributed by atoms with Crippen molar-refractivity contribution in [2.75, 3.05) is 0 Å². The summed E-state index contributed by atoms with van der Waals surface area (Å²) in [5.74, 6) is -0.125. The fourth-order valence-corrected chi connectivity index (χ4v) is 3.63. The van der Waals surface area contributed by atoms with E-state index in [0.717, 1.165) is 15.1 Å². The van der Waals surface area contributed by atoms with E-state index in [1.807, 2.05) is 6.07 Å². The van der Waals surface area contributed by atoms with Crippen LogP contribution in [0.5, 0.6) is 0 Å². The molecule has 4 heteroatoms. The number of halogens is 1. The molecule has 0 aromatic heterocycles. The molecule has 2 nitrogen and oxygen atoms in total. The van der Waals surface area contributed by atoms with Crippen LogP contribution in [0.3, 0.4) is 0 Å². The first-order valence-electron chi connectivity index (χ1n) is 6.18. The predicted molar refractivity (Wildman–Crippen MR) is 86.6 cm³/mol. The Morgan fingerprint density at radius 1 is 1.15 bits per heavy atom. The average molecular weight is 351 g/mol. The van der Waals surface area contributed by atoms with Crippen molar-refractivity contribution in [1.82, 2.24) is 0 Å². The minimum atomic E-state index is -0.888. The van der Waals surface area contributed by atoms with Crippen LogP contribution >= 0.6 is 27.7 Å². The molecule has 2 rings (SSSR count). The van der Waals surface area contributed by atoms with Crippen LogP contribution in [0.2, 0.25) is 0 Å². The molecule has 0 bridgehead atoms. The van der Waals surface area contributed by atoms with Crippen LogP contribution in [0.25, 0.3) is 0 Å². The molecule has 2 aromatic rings. The largest absolute Gasteiger partial charge is 0.478 e. The number of carbonyl (C=O) groups is 1. The Morgan fingerprint density at radius 3 is 2.40 bits per heavy atom. The minimum Gasteiger partial charge on any atom is -0.478 e. The van der Waals surface area contributed by atoms with E-state index in [1.165, 1.54) is 16.7 Å². The number of benzene rings is 2. The summed E-state index contributed by atoms with van der Waals surface area (Å²) in [6.45, 7) is 4.14. The SMILES string of the molecule is Cc1cc(C)cc(CSc2cc(Br)ccc2C(=O)O)c1. The van der Waals surface area contributed by atoms with Crippen LogP contribution < -0.4 is 0 Å². The lowest BCUT2D eigenvalue weighted by molar-refractivity contribution is 0.0693. The third-order valence-corrected chi connectivity index (χ3v) is 4.47. The third kappa shape index (κ3) is 3.87. The van der Waals surface area contributed by atoms with Crippen LogP contribution in [-0.2, 0) is 5.75 Å². The predicted octanol–water partition coefficient (Wildman–Crippen LogP) is 5.06. The fourth-order valence-electron chi connectivity index (χ4n) is 2.11. The Labute approximate surface area is 131 Å². The van der Waals surface area contributed by atoms with Crippen LogP contribution in [0, 0.1) is 13.8 Å². The Balaban J connectivity index is 2.22. The van der Waals surface area contributed by atoms with E-state index < -0.39 is 5.97 Å². The van der Waals surface area contributed by atoms with E-state index in [0.29, 0.717) is 5.56 Å². The number of hydrogen-bond acceptors (Lipinski definition) is 2. The van der Waals surface area contributed by atoms with Gasteiger partial charge >= 0.3 is 5.97 Å². The molecular weight excluding hydrogens is 336 g/mol. The monoisotopic (exact) mass is 350 g/mol. The van der Waals surface area contributed by atoms with Crippen LogP contribution in [0.15, 0.2) is 45.8 Å². The number of carboxylic acid groups (broad SMARTS) is 1. The van der Waals surface area contributed by atoms with Gasteiger partial charge in [0.1, 0.15) is 0 Å². The highest BCUT2D eigenvalue weighted by Crippen LogP contribution is 2.29. The zero-order valence-electron chi connectivity index (χ0n) is 11.3. The van der Waals surface area contributed by atoms with Gasteiger partial charge in [-0.15, -0.1) is 11.8 Å². The van der Waals surface area contributed by atoms with Gasteiger partial charge in [0.15, 0.2) is 0 Å². The smallest absolute Gasteiger partial charge is 0.336 e. The summed E-state index contributed by atoms with van der Waals surface area (Å²) < 4.78 is 0.894. The molecule has 0 aliphatic carbocycles. The first-order valence-corrected chi connectivity index (χ1v) is 7.96. The Bertz CT molecular complexity index is 633. The highest BCUT2D eigenvalue weighted by Gasteiger charge is 2.11. The topological polar surface area (TPSA) is 37.3 Å². The number of carboxylic acids is 1. The zero-order chi connectivity index (χ0) is 14.7. The van der Waals surface area contributed by atoms with Gasteiger partial charge in [0.05, 0.1) is 5.56 Å². The molecule has 2 aromatic carbocycles. The lowest BCUT2D eigenvalue weighted by Crippen LogP contribution is -1.98. The summed E-state index contributed by atoms with van der Waals surface area (Å²) in [5.41, 5.74) is 4.02. The Morgan fingerprint density at radius 2 is 1.80 bits per heavy atom. The van der Waals surface area contributed by atoms with E-state index in [4.69, 9.17) is 0 Å². The standard InChI is InChI=1S/C16H15BrO2S/c1-10-5-11(2)7-12(6-10)9-20-15-8-13(17)3-4-14(15)16(18)19/h3-8H,9H2,1-2H3,(H,18,19). The van der Waals surface area contributed by atoms with Gasteiger partial charge in [0.25, 0.3) is 0 Å². The van der Waals surface area contributed by atoms with E-state index in [1.54, 1.807) is 23.9 Å². The third-order valence-electron chi connectivity index (χ3n) is 2.85. The molecule has 0 amide bonds. The number of hydrogen-bond donors (Lipinski definition) is 1. The second kappa shape index (κ2) is 6.46. The first kappa shape index (κ1) is 15.1. The van der Waals surface area contributed by atoms with Crippen molar-refractivity contribution in [3.63, 3.8) is 0 Å². The minimum absolute atomic E-state index is 0.350. The van der Waals surface area contributed by atoms with Crippen LogP contribution in [-0.4, -0.2) is 11.1 Å². The summed E-state index contributed by atoms with van der Waals surface area (Å²) in [5, 5.41) is 9.21. The van der Waals surface area contributed by atoms with Gasteiger partial charge < -0.3 is 5.11 Å². The van der Waals surface area contributed by atoms with E-state index in [9.17, 15) is 9.90 Å². The number of thioether (sulfide) groups is 1. The van der Waals surface area contributed by atoms with E-state index >= 15 is 0 Å². The molecule has 1 N–H and O–H groups in total. The van der Waals surface area contributed by atoms with Gasteiger partial charge in [-0.05, 0) is 37.6 Å². The number of rotatable bonds is 4. The number of aryl methyl sites for hydroxylation is 2. The molecule has 0 unspecified atom stereocenters. The average Bonchev–Trinajstić information content (AvgIpc) is 2.35. The van der Waals surface area contributed by atoms with Gasteiger partial charge in [-0.3, -0.25) is 0 Å². The van der Waals surface area contributed by atoms with Crippen molar-refractivity contribution in [3.05, 3.63) is 63.1 Å². The molecular formula is C16H15BrO2S.